The first-order valence-corrected chi connectivity index (χ1v) is 5.30. The summed E-state index contributed by atoms with van der Waals surface area (Å²) in [6.45, 7) is 5.50. The first-order valence-electron chi connectivity index (χ1n) is 4.93. The van der Waals surface area contributed by atoms with Crippen molar-refractivity contribution in [3.63, 3.8) is 0 Å². The Balaban J connectivity index is 2.59. The molecule has 0 fully saturated rings. The van der Waals surface area contributed by atoms with E-state index < -0.39 is 0 Å². The number of aromatic nitrogens is 4. The lowest BCUT2D eigenvalue weighted by Crippen LogP contribution is -1.88. The Morgan fingerprint density at radius 2 is 2.29 bits per heavy atom. The molecular formula is C11H10ClN5. The lowest BCUT2D eigenvalue weighted by Gasteiger charge is -2.00. The average molecular weight is 248 g/mol. The Kier molecular flexibility index (Phi) is 3.30. The van der Waals surface area contributed by atoms with E-state index in [2.05, 4.69) is 26.6 Å². The van der Waals surface area contributed by atoms with Gasteiger partial charge in [0.2, 0.25) is 0 Å². The minimum Gasteiger partial charge on any atom is -0.241 e. The molecule has 0 radical (unpaired) electrons. The summed E-state index contributed by atoms with van der Waals surface area (Å²) < 4.78 is 1.57. The van der Waals surface area contributed by atoms with Crippen molar-refractivity contribution in [1.29, 1.82) is 0 Å². The summed E-state index contributed by atoms with van der Waals surface area (Å²) in [5, 5.41) is 4.52. The van der Waals surface area contributed by atoms with Crippen LogP contribution >= 0.6 is 11.6 Å². The second kappa shape index (κ2) is 4.88. The first kappa shape index (κ1) is 11.5. The van der Waals surface area contributed by atoms with Gasteiger partial charge in [0, 0.05) is 18.5 Å². The maximum absolute atomic E-state index is 5.83. The van der Waals surface area contributed by atoms with Crippen LogP contribution in [0.2, 0.25) is 5.15 Å². The Bertz CT molecular complexity index is 573. The molecule has 0 unspecified atom stereocenters. The van der Waals surface area contributed by atoms with Crippen LogP contribution in [0.25, 0.3) is 17.5 Å². The fraction of sp³-hybridized carbons (Fsp3) is 0.0909. The molecule has 0 saturated heterocycles. The maximum Gasteiger partial charge on any atom is 0.164 e. The second-order valence-corrected chi connectivity index (χ2v) is 3.51. The molecular weight excluding hydrogens is 238 g/mol. The van der Waals surface area contributed by atoms with Crippen LogP contribution in [0.4, 0.5) is 5.82 Å². The highest BCUT2D eigenvalue weighted by molar-refractivity contribution is 6.29. The van der Waals surface area contributed by atoms with Gasteiger partial charge in [0.1, 0.15) is 11.5 Å². The Labute approximate surface area is 104 Å². The van der Waals surface area contributed by atoms with Crippen molar-refractivity contribution < 1.29 is 0 Å². The van der Waals surface area contributed by atoms with Gasteiger partial charge in [0.25, 0.3) is 0 Å². The van der Waals surface area contributed by atoms with Gasteiger partial charge in [-0.25, -0.2) is 19.6 Å². The summed E-state index contributed by atoms with van der Waals surface area (Å²) in [5.41, 5.74) is 1.46. The van der Waals surface area contributed by atoms with E-state index in [4.69, 9.17) is 11.6 Å². The summed E-state index contributed by atoms with van der Waals surface area (Å²) in [4.78, 5) is 12.2. The molecule has 2 rings (SSSR count). The number of aliphatic imine (C=N–C) groups is 1. The van der Waals surface area contributed by atoms with Crippen molar-refractivity contribution in [2.24, 2.45) is 4.99 Å². The molecule has 2 heterocycles. The highest BCUT2D eigenvalue weighted by atomic mass is 35.5. The molecule has 0 N–H and O–H groups in total. The van der Waals surface area contributed by atoms with Crippen molar-refractivity contribution in [1.82, 2.24) is 19.7 Å². The third-order valence-corrected chi connectivity index (χ3v) is 2.31. The lowest BCUT2D eigenvalue weighted by molar-refractivity contribution is 0.935. The largest absolute Gasteiger partial charge is 0.241 e. The predicted octanol–water partition coefficient (Wildman–Crippen LogP) is 2.82. The lowest BCUT2D eigenvalue weighted by atomic mass is 10.2. The van der Waals surface area contributed by atoms with Crippen LogP contribution < -0.4 is 0 Å². The highest BCUT2D eigenvalue weighted by Crippen LogP contribution is 2.29. The second-order valence-electron chi connectivity index (χ2n) is 3.12. The molecule has 0 saturated carbocycles. The van der Waals surface area contributed by atoms with Crippen molar-refractivity contribution >= 4 is 29.8 Å². The van der Waals surface area contributed by atoms with E-state index in [1.54, 1.807) is 29.4 Å². The molecule has 2 aromatic heterocycles. The van der Waals surface area contributed by atoms with Crippen molar-refractivity contribution in [2.45, 2.75) is 6.92 Å². The Hall–Kier alpha value is -2.01. The number of hydrogen-bond donors (Lipinski definition) is 0. The van der Waals surface area contributed by atoms with E-state index >= 15 is 0 Å². The fourth-order valence-electron chi connectivity index (χ4n) is 1.40. The summed E-state index contributed by atoms with van der Waals surface area (Å²) in [7, 11) is 0. The van der Waals surface area contributed by atoms with Gasteiger partial charge in [-0.2, -0.15) is 5.10 Å². The van der Waals surface area contributed by atoms with E-state index in [9.17, 15) is 0 Å². The number of halogens is 1. The standard InChI is InChI=1S/C11H10ClN5/c1-3-13-11-8(6-16-17(11)4-2)9-5-10(12)15-7-14-9/h3-7H,2H2,1H3. The van der Waals surface area contributed by atoms with E-state index in [1.807, 2.05) is 6.92 Å². The Morgan fingerprint density at radius 3 is 2.94 bits per heavy atom. The molecule has 0 aliphatic heterocycles. The van der Waals surface area contributed by atoms with Crippen LogP contribution in [-0.2, 0) is 0 Å². The van der Waals surface area contributed by atoms with Crippen LogP contribution in [0, 0.1) is 0 Å². The predicted molar refractivity (Wildman–Crippen MR) is 68.5 cm³/mol. The monoisotopic (exact) mass is 247 g/mol. The number of rotatable bonds is 3. The van der Waals surface area contributed by atoms with Gasteiger partial charge in [-0.3, -0.25) is 0 Å². The van der Waals surface area contributed by atoms with Gasteiger partial charge in [0.05, 0.1) is 17.5 Å². The average Bonchev–Trinajstić information content (AvgIpc) is 2.72. The number of hydrogen-bond acceptors (Lipinski definition) is 4. The summed E-state index contributed by atoms with van der Waals surface area (Å²) in [6, 6.07) is 1.67. The van der Waals surface area contributed by atoms with E-state index in [1.165, 1.54) is 6.33 Å². The minimum atomic E-state index is 0.382. The molecule has 0 atom stereocenters. The highest BCUT2D eigenvalue weighted by Gasteiger charge is 2.11. The summed E-state index contributed by atoms with van der Waals surface area (Å²) in [5.74, 6) is 0.664. The molecule has 0 aromatic carbocycles. The van der Waals surface area contributed by atoms with Gasteiger partial charge in [-0.1, -0.05) is 18.2 Å². The molecule has 6 heteroatoms. The SMILES string of the molecule is C=Cn1ncc(-c2cc(Cl)ncn2)c1N=CC. The third-order valence-electron chi connectivity index (χ3n) is 2.10. The van der Waals surface area contributed by atoms with Crippen LogP contribution in [0.3, 0.4) is 0 Å². The normalized spacial score (nSPS) is 10.9. The van der Waals surface area contributed by atoms with Crippen molar-refractivity contribution in [2.75, 3.05) is 0 Å². The first-order chi connectivity index (χ1) is 8.26. The summed E-state index contributed by atoms with van der Waals surface area (Å²) >= 11 is 5.83. The third kappa shape index (κ3) is 2.24. The topological polar surface area (TPSA) is 56.0 Å². The smallest absolute Gasteiger partial charge is 0.164 e. The molecule has 0 aliphatic rings. The zero-order valence-electron chi connectivity index (χ0n) is 9.21. The van der Waals surface area contributed by atoms with E-state index in [-0.39, 0.29) is 0 Å². The molecule has 17 heavy (non-hydrogen) atoms. The van der Waals surface area contributed by atoms with Gasteiger partial charge >= 0.3 is 0 Å². The Morgan fingerprint density at radius 1 is 1.47 bits per heavy atom. The molecule has 0 spiro atoms. The van der Waals surface area contributed by atoms with Gasteiger partial charge in [-0.15, -0.1) is 0 Å². The molecule has 0 amide bonds. The van der Waals surface area contributed by atoms with Crippen LogP contribution in [0.1, 0.15) is 6.92 Å². The maximum atomic E-state index is 5.83. The zero-order chi connectivity index (χ0) is 12.3. The van der Waals surface area contributed by atoms with E-state index in [0.29, 0.717) is 16.7 Å². The molecule has 5 nitrogen and oxygen atoms in total. The van der Waals surface area contributed by atoms with Crippen LogP contribution in [0.5, 0.6) is 0 Å². The summed E-state index contributed by atoms with van der Waals surface area (Å²) in [6.07, 6.45) is 6.34. The zero-order valence-corrected chi connectivity index (χ0v) is 9.96. The minimum absolute atomic E-state index is 0.382. The van der Waals surface area contributed by atoms with Crippen LogP contribution in [0.15, 0.2) is 30.2 Å². The molecule has 86 valence electrons. The quantitative estimate of drug-likeness (QED) is 0.619. The van der Waals surface area contributed by atoms with Gasteiger partial charge in [0.15, 0.2) is 5.82 Å². The van der Waals surface area contributed by atoms with Crippen molar-refractivity contribution in [3.05, 3.63) is 30.3 Å². The molecule has 0 bridgehead atoms. The molecule has 0 aliphatic carbocycles. The molecule has 2 aromatic rings. The van der Waals surface area contributed by atoms with Crippen LogP contribution in [-0.4, -0.2) is 26.0 Å². The fourth-order valence-corrected chi connectivity index (χ4v) is 1.55. The van der Waals surface area contributed by atoms with Crippen molar-refractivity contribution in [3.8, 4) is 11.3 Å². The number of nitrogens with zero attached hydrogens (tertiary/aromatic N) is 5. The van der Waals surface area contributed by atoms with Gasteiger partial charge < -0.3 is 0 Å². The van der Waals surface area contributed by atoms with Gasteiger partial charge in [-0.05, 0) is 6.92 Å². The van der Waals surface area contributed by atoms with E-state index in [0.717, 1.165) is 5.56 Å².